The van der Waals surface area contributed by atoms with Gasteiger partial charge < -0.3 is 4.90 Å². The summed E-state index contributed by atoms with van der Waals surface area (Å²) in [5.41, 5.74) is 0.705. The van der Waals surface area contributed by atoms with Crippen LogP contribution in [0, 0.1) is 5.92 Å². The lowest BCUT2D eigenvalue weighted by Gasteiger charge is -2.21. The van der Waals surface area contributed by atoms with E-state index in [0.717, 1.165) is 41.2 Å². The van der Waals surface area contributed by atoms with Crippen molar-refractivity contribution in [3.8, 4) is 0 Å². The number of carbonyl (C=O) groups excluding carboxylic acids is 1. The van der Waals surface area contributed by atoms with Gasteiger partial charge >= 0.3 is 0 Å². The van der Waals surface area contributed by atoms with Crippen molar-refractivity contribution in [2.45, 2.75) is 31.1 Å². The third-order valence-corrected chi connectivity index (χ3v) is 4.36. The highest BCUT2D eigenvalue weighted by atomic mass is 79.9. The average Bonchev–Trinajstić information content (AvgIpc) is 2.53. The number of hydrogen-bond acceptors (Lipinski definition) is 2. The van der Waals surface area contributed by atoms with E-state index in [2.05, 4.69) is 35.5 Å². The van der Waals surface area contributed by atoms with Crippen molar-refractivity contribution in [1.82, 2.24) is 4.90 Å². The Labute approximate surface area is 122 Å². The summed E-state index contributed by atoms with van der Waals surface area (Å²) >= 11 is 7.78. The Morgan fingerprint density at radius 1 is 1.39 bits per heavy atom. The van der Waals surface area contributed by atoms with Crippen LogP contribution in [0.1, 0.15) is 36.5 Å². The molecule has 1 aliphatic rings. The minimum atomic E-state index is 0.113. The summed E-state index contributed by atoms with van der Waals surface area (Å²) in [6, 6.07) is 5.62. The lowest BCUT2D eigenvalue weighted by atomic mass is 10.0. The Kier molecular flexibility index (Phi) is 4.73. The fourth-order valence-electron chi connectivity index (χ4n) is 2.32. The molecule has 1 atom stereocenters. The van der Waals surface area contributed by atoms with E-state index in [-0.39, 0.29) is 5.91 Å². The van der Waals surface area contributed by atoms with Gasteiger partial charge in [-0.05, 0) is 43.4 Å². The van der Waals surface area contributed by atoms with Gasteiger partial charge in [0.25, 0.3) is 5.91 Å². The van der Waals surface area contributed by atoms with E-state index < -0.39 is 0 Å². The first-order valence-electron chi connectivity index (χ1n) is 6.35. The summed E-state index contributed by atoms with van der Waals surface area (Å²) in [5.74, 6) is 0.838. The number of likely N-dealkylation sites (tertiary alicyclic amines) is 1. The molecule has 4 heteroatoms. The van der Waals surface area contributed by atoms with Gasteiger partial charge in [0.2, 0.25) is 0 Å². The second kappa shape index (κ2) is 6.11. The highest BCUT2D eigenvalue weighted by Gasteiger charge is 2.21. The van der Waals surface area contributed by atoms with Crippen molar-refractivity contribution in [1.29, 1.82) is 0 Å². The smallest absolute Gasteiger partial charge is 0.254 e. The fraction of sp³-hybridized carbons (Fsp3) is 0.500. The standard InChI is InChI=1S/C14H18BrNOS/c1-10-3-2-7-16(8-6-10)14(17)12-5-4-11(15)9-13(12)18/h4-5,9-10,18H,2-3,6-8H2,1H3. The summed E-state index contributed by atoms with van der Waals surface area (Å²) in [4.78, 5) is 15.2. The molecule has 1 aliphatic heterocycles. The van der Waals surface area contributed by atoms with Gasteiger partial charge in [-0.25, -0.2) is 0 Å². The number of hydrogen-bond donors (Lipinski definition) is 1. The van der Waals surface area contributed by atoms with Gasteiger partial charge in [0, 0.05) is 22.5 Å². The zero-order valence-corrected chi connectivity index (χ0v) is 13.0. The largest absolute Gasteiger partial charge is 0.339 e. The van der Waals surface area contributed by atoms with Crippen molar-refractivity contribution >= 4 is 34.5 Å². The molecule has 1 amide bonds. The first-order valence-corrected chi connectivity index (χ1v) is 7.59. The molecular weight excluding hydrogens is 310 g/mol. The van der Waals surface area contributed by atoms with Gasteiger partial charge in [0.15, 0.2) is 0 Å². The van der Waals surface area contributed by atoms with Crippen molar-refractivity contribution in [3.05, 3.63) is 28.2 Å². The summed E-state index contributed by atoms with van der Waals surface area (Å²) < 4.78 is 0.952. The molecule has 0 spiro atoms. The molecule has 0 radical (unpaired) electrons. The van der Waals surface area contributed by atoms with Crippen molar-refractivity contribution < 1.29 is 4.79 Å². The minimum absolute atomic E-state index is 0.113. The first kappa shape index (κ1) is 13.9. The maximum Gasteiger partial charge on any atom is 0.254 e. The van der Waals surface area contributed by atoms with Crippen molar-refractivity contribution in [2.24, 2.45) is 5.92 Å². The highest BCUT2D eigenvalue weighted by Crippen LogP contribution is 2.23. The second-order valence-corrected chi connectivity index (χ2v) is 6.39. The monoisotopic (exact) mass is 327 g/mol. The number of amides is 1. The SMILES string of the molecule is CC1CCCN(C(=O)c2ccc(Br)cc2S)CC1. The molecule has 18 heavy (non-hydrogen) atoms. The number of carbonyl (C=O) groups is 1. The van der Waals surface area contributed by atoms with Gasteiger partial charge in [-0.2, -0.15) is 0 Å². The minimum Gasteiger partial charge on any atom is -0.339 e. The molecule has 0 N–H and O–H groups in total. The Bertz CT molecular complexity index is 449. The quantitative estimate of drug-likeness (QED) is 0.773. The molecule has 0 aliphatic carbocycles. The van der Waals surface area contributed by atoms with Crippen molar-refractivity contribution in [2.75, 3.05) is 13.1 Å². The molecule has 1 aromatic rings. The van der Waals surface area contributed by atoms with E-state index in [9.17, 15) is 4.79 Å². The number of rotatable bonds is 1. The predicted molar refractivity (Wildman–Crippen MR) is 80.3 cm³/mol. The number of halogens is 1. The zero-order chi connectivity index (χ0) is 13.1. The average molecular weight is 328 g/mol. The van der Waals surface area contributed by atoms with Crippen LogP contribution in [0.3, 0.4) is 0 Å². The van der Waals surface area contributed by atoms with Crippen LogP contribution in [-0.2, 0) is 0 Å². The van der Waals surface area contributed by atoms with Crippen molar-refractivity contribution in [3.63, 3.8) is 0 Å². The first-order chi connectivity index (χ1) is 8.58. The fourth-order valence-corrected chi connectivity index (χ4v) is 3.17. The summed E-state index contributed by atoms with van der Waals surface area (Å²) in [6.45, 7) is 3.99. The Morgan fingerprint density at radius 2 is 2.17 bits per heavy atom. The van der Waals surface area contributed by atoms with E-state index in [1.165, 1.54) is 6.42 Å². The molecule has 98 valence electrons. The lowest BCUT2D eigenvalue weighted by molar-refractivity contribution is 0.0757. The van der Waals surface area contributed by atoms with Crippen LogP contribution in [0.15, 0.2) is 27.6 Å². The molecule has 2 nitrogen and oxygen atoms in total. The molecule has 0 bridgehead atoms. The molecule has 1 unspecified atom stereocenters. The number of benzene rings is 1. The van der Waals surface area contributed by atoms with E-state index in [4.69, 9.17) is 0 Å². The zero-order valence-electron chi connectivity index (χ0n) is 10.5. The van der Waals surface area contributed by atoms with Crippen LogP contribution in [0.2, 0.25) is 0 Å². The summed E-state index contributed by atoms with van der Waals surface area (Å²) in [5, 5.41) is 0. The summed E-state index contributed by atoms with van der Waals surface area (Å²) in [6.07, 6.45) is 3.42. The molecular formula is C14H18BrNOS. The maximum absolute atomic E-state index is 12.5. The van der Waals surface area contributed by atoms with Crippen LogP contribution >= 0.6 is 28.6 Å². The molecule has 0 aromatic heterocycles. The van der Waals surface area contributed by atoms with E-state index in [0.29, 0.717) is 5.56 Å². The highest BCUT2D eigenvalue weighted by molar-refractivity contribution is 9.10. The van der Waals surface area contributed by atoms with Crippen LogP contribution in [0.25, 0.3) is 0 Å². The molecule has 0 saturated carbocycles. The molecule has 2 rings (SSSR count). The van der Waals surface area contributed by atoms with E-state index in [1.807, 2.05) is 23.1 Å². The van der Waals surface area contributed by atoms with Crippen LogP contribution in [0.5, 0.6) is 0 Å². The Morgan fingerprint density at radius 3 is 2.89 bits per heavy atom. The van der Waals surface area contributed by atoms with Gasteiger partial charge in [0.1, 0.15) is 0 Å². The molecule has 1 fully saturated rings. The lowest BCUT2D eigenvalue weighted by Crippen LogP contribution is -2.32. The predicted octanol–water partition coefficient (Wildman–Crippen LogP) is 4.00. The number of nitrogens with zero attached hydrogens (tertiary/aromatic N) is 1. The Balaban J connectivity index is 2.15. The van der Waals surface area contributed by atoms with Crippen LogP contribution in [0.4, 0.5) is 0 Å². The molecule has 1 heterocycles. The van der Waals surface area contributed by atoms with Gasteiger partial charge in [-0.15, -0.1) is 12.6 Å². The third-order valence-electron chi connectivity index (χ3n) is 3.49. The van der Waals surface area contributed by atoms with Gasteiger partial charge in [0.05, 0.1) is 5.56 Å². The van der Waals surface area contributed by atoms with Gasteiger partial charge in [-0.3, -0.25) is 4.79 Å². The van der Waals surface area contributed by atoms with Crippen LogP contribution in [-0.4, -0.2) is 23.9 Å². The number of thiol groups is 1. The van der Waals surface area contributed by atoms with Crippen LogP contribution < -0.4 is 0 Å². The molecule has 1 saturated heterocycles. The maximum atomic E-state index is 12.5. The second-order valence-electron chi connectivity index (χ2n) is 4.99. The van der Waals surface area contributed by atoms with E-state index >= 15 is 0 Å². The topological polar surface area (TPSA) is 20.3 Å². The van der Waals surface area contributed by atoms with Gasteiger partial charge in [-0.1, -0.05) is 22.9 Å². The Hall–Kier alpha value is -0.480. The van der Waals surface area contributed by atoms with E-state index in [1.54, 1.807) is 0 Å². The third kappa shape index (κ3) is 3.29. The normalized spacial score (nSPS) is 20.6. The summed E-state index contributed by atoms with van der Waals surface area (Å²) in [7, 11) is 0. The molecule has 1 aromatic carbocycles.